The molecule has 0 saturated heterocycles. The van der Waals surface area contributed by atoms with Gasteiger partial charge < -0.3 is 0 Å². The van der Waals surface area contributed by atoms with Crippen molar-refractivity contribution < 1.29 is 0 Å². The summed E-state index contributed by atoms with van der Waals surface area (Å²) in [5.74, 6) is 0. The highest BCUT2D eigenvalue weighted by atomic mass is 32.1. The van der Waals surface area contributed by atoms with Crippen LogP contribution in [0.4, 0.5) is 0 Å². The highest BCUT2D eigenvalue weighted by Crippen LogP contribution is 1.82. The van der Waals surface area contributed by atoms with Gasteiger partial charge in [-0.25, -0.2) is 0 Å². The van der Waals surface area contributed by atoms with Gasteiger partial charge in [-0.15, -0.1) is 13.2 Å². The lowest BCUT2D eigenvalue weighted by atomic mass is 10.5. The minimum absolute atomic E-state index is 0.708. The molecule has 0 aromatic heterocycles. The number of nitrogens with zero attached hydrogens (tertiary/aromatic N) is 2. The molecule has 0 aromatic rings. The second-order valence-electron chi connectivity index (χ2n) is 1.67. The van der Waals surface area contributed by atoms with E-state index in [0.717, 1.165) is 0 Å². The third-order valence-electron chi connectivity index (χ3n) is 0.890. The van der Waals surface area contributed by atoms with Crippen LogP contribution in [-0.4, -0.2) is 23.6 Å². The Morgan fingerprint density at radius 1 is 1.30 bits per heavy atom. The van der Waals surface area contributed by atoms with Gasteiger partial charge in [-0.05, 0) is 0 Å². The summed E-state index contributed by atoms with van der Waals surface area (Å²) in [6.07, 6.45) is 3.54. The van der Waals surface area contributed by atoms with Crippen molar-refractivity contribution in [2.24, 2.45) is 0 Å². The van der Waals surface area contributed by atoms with Gasteiger partial charge in [-0.1, -0.05) is 24.4 Å². The molecule has 3 heteroatoms. The number of thiocarbonyl (C=S) groups is 1. The second kappa shape index (κ2) is 6.45. The van der Waals surface area contributed by atoms with Crippen LogP contribution in [-0.2, 0) is 0 Å². The fourth-order valence-corrected chi connectivity index (χ4v) is 0.667. The molecule has 0 saturated carbocycles. The molecule has 55 valence electrons. The lowest BCUT2D eigenvalue weighted by Gasteiger charge is -2.13. The molecule has 0 rings (SSSR count). The van der Waals surface area contributed by atoms with Crippen LogP contribution in [0.25, 0.3) is 0 Å². The summed E-state index contributed by atoms with van der Waals surface area (Å²) >= 11 is 4.55. The Hall–Kier alpha value is -0.670. The second-order valence-corrected chi connectivity index (χ2v) is 1.88. The summed E-state index contributed by atoms with van der Waals surface area (Å²) in [6.45, 7) is 8.58. The number of rotatable bonds is 6. The van der Waals surface area contributed by atoms with Gasteiger partial charge in [-0.2, -0.15) is 10.4 Å². The lowest BCUT2D eigenvalue weighted by Crippen LogP contribution is -2.30. The zero-order valence-electron chi connectivity index (χ0n) is 5.86. The summed E-state index contributed by atoms with van der Waals surface area (Å²) < 4.78 is 0. The number of hydrogen-bond acceptors (Lipinski definition) is 2. The average Bonchev–Trinajstić information content (AvgIpc) is 1.90. The SMILES string of the molecule is C=CCN(CC=C)[N]C=S. The maximum Gasteiger partial charge on any atom is 0.104 e. The molecule has 0 aromatic carbocycles. The van der Waals surface area contributed by atoms with Gasteiger partial charge >= 0.3 is 0 Å². The van der Waals surface area contributed by atoms with Crippen LogP contribution in [0.1, 0.15) is 0 Å². The Labute approximate surface area is 67.2 Å². The molecule has 0 fully saturated rings. The minimum Gasteiger partial charge on any atom is -0.195 e. The Morgan fingerprint density at radius 3 is 2.10 bits per heavy atom. The molecule has 2 nitrogen and oxygen atoms in total. The smallest absolute Gasteiger partial charge is 0.104 e. The predicted octanol–water partition coefficient (Wildman–Crippen LogP) is 1.14. The Morgan fingerprint density at radius 2 is 1.80 bits per heavy atom. The lowest BCUT2D eigenvalue weighted by molar-refractivity contribution is 0.290. The van der Waals surface area contributed by atoms with Crippen LogP contribution in [0.5, 0.6) is 0 Å². The molecule has 0 aliphatic rings. The van der Waals surface area contributed by atoms with E-state index in [1.54, 1.807) is 17.2 Å². The minimum atomic E-state index is 0.708. The molecule has 0 bridgehead atoms. The molecule has 0 atom stereocenters. The third-order valence-corrected chi connectivity index (χ3v) is 0.984. The van der Waals surface area contributed by atoms with Crippen molar-refractivity contribution in [1.82, 2.24) is 10.4 Å². The summed E-state index contributed by atoms with van der Waals surface area (Å²) in [4.78, 5) is 0. The fourth-order valence-electron chi connectivity index (χ4n) is 0.534. The topological polar surface area (TPSA) is 17.3 Å². The van der Waals surface area contributed by atoms with Gasteiger partial charge in [0.15, 0.2) is 0 Å². The van der Waals surface area contributed by atoms with Crippen molar-refractivity contribution in [1.29, 1.82) is 0 Å². The third kappa shape index (κ3) is 4.23. The molecular formula is C7H11N2S. The molecule has 0 unspecified atom stereocenters. The summed E-state index contributed by atoms with van der Waals surface area (Å²) in [6, 6.07) is 0. The van der Waals surface area contributed by atoms with Crippen LogP contribution < -0.4 is 5.43 Å². The Balaban J connectivity index is 3.58. The van der Waals surface area contributed by atoms with E-state index < -0.39 is 0 Å². The van der Waals surface area contributed by atoms with E-state index in [9.17, 15) is 0 Å². The van der Waals surface area contributed by atoms with Crippen molar-refractivity contribution in [2.45, 2.75) is 0 Å². The molecule has 0 N–H and O–H groups in total. The van der Waals surface area contributed by atoms with Gasteiger partial charge in [0.25, 0.3) is 0 Å². The monoisotopic (exact) mass is 155 g/mol. The summed E-state index contributed by atoms with van der Waals surface area (Å²) in [5, 5.41) is 1.77. The van der Waals surface area contributed by atoms with Gasteiger partial charge in [0, 0.05) is 13.1 Å². The predicted molar refractivity (Wildman–Crippen MR) is 47.8 cm³/mol. The fraction of sp³-hybridized carbons (Fsp3) is 0.286. The zero-order chi connectivity index (χ0) is 7.82. The van der Waals surface area contributed by atoms with Gasteiger partial charge in [0.2, 0.25) is 0 Å². The largest absolute Gasteiger partial charge is 0.195 e. The van der Waals surface area contributed by atoms with Gasteiger partial charge in [0.1, 0.15) is 5.49 Å². The van der Waals surface area contributed by atoms with E-state index >= 15 is 0 Å². The molecule has 0 spiro atoms. The molecule has 0 amide bonds. The van der Waals surface area contributed by atoms with Crippen LogP contribution in [0, 0.1) is 0 Å². The molecule has 10 heavy (non-hydrogen) atoms. The molecule has 0 aliphatic carbocycles. The summed E-state index contributed by atoms with van der Waals surface area (Å²) in [7, 11) is 0. The average molecular weight is 155 g/mol. The highest BCUT2D eigenvalue weighted by molar-refractivity contribution is 7.78. The molecule has 1 radical (unpaired) electrons. The highest BCUT2D eigenvalue weighted by Gasteiger charge is 1.95. The van der Waals surface area contributed by atoms with Crippen molar-refractivity contribution in [3.05, 3.63) is 25.3 Å². The van der Waals surface area contributed by atoms with E-state index in [4.69, 9.17) is 0 Å². The first kappa shape index (κ1) is 9.33. The van der Waals surface area contributed by atoms with Crippen LogP contribution in [0.2, 0.25) is 0 Å². The van der Waals surface area contributed by atoms with E-state index in [-0.39, 0.29) is 0 Å². The maximum atomic E-state index is 4.55. The van der Waals surface area contributed by atoms with Crippen LogP contribution >= 0.6 is 12.2 Å². The summed E-state index contributed by atoms with van der Waals surface area (Å²) in [5.41, 5.74) is 5.22. The van der Waals surface area contributed by atoms with Crippen LogP contribution in [0.3, 0.4) is 0 Å². The Bertz CT molecular complexity index is 99.0. The number of hydrogen-bond donors (Lipinski definition) is 0. The van der Waals surface area contributed by atoms with E-state index in [1.807, 2.05) is 0 Å². The van der Waals surface area contributed by atoms with E-state index in [1.165, 1.54) is 5.49 Å². The Kier molecular flexibility index (Phi) is 6.02. The van der Waals surface area contributed by atoms with Crippen molar-refractivity contribution in [2.75, 3.05) is 13.1 Å². The normalized spacial score (nSPS) is 8.90. The van der Waals surface area contributed by atoms with E-state index in [2.05, 4.69) is 30.8 Å². The van der Waals surface area contributed by atoms with Crippen molar-refractivity contribution >= 4 is 17.7 Å². The van der Waals surface area contributed by atoms with Gasteiger partial charge in [-0.3, -0.25) is 0 Å². The quantitative estimate of drug-likeness (QED) is 0.325. The van der Waals surface area contributed by atoms with Crippen molar-refractivity contribution in [3.8, 4) is 0 Å². The van der Waals surface area contributed by atoms with Gasteiger partial charge in [0.05, 0.1) is 0 Å². The first-order valence-electron chi connectivity index (χ1n) is 2.96. The van der Waals surface area contributed by atoms with Crippen molar-refractivity contribution in [3.63, 3.8) is 0 Å². The standard InChI is InChI=1S/C7H11N2S/c1-3-5-9(6-4-2)8-7-10/h3-4,7H,1-2,5-6H2. The molecule has 0 aliphatic heterocycles. The molecule has 0 heterocycles. The van der Waals surface area contributed by atoms with Crippen LogP contribution in [0.15, 0.2) is 25.3 Å². The zero-order valence-corrected chi connectivity index (χ0v) is 6.68. The first-order valence-corrected chi connectivity index (χ1v) is 3.43. The molecular weight excluding hydrogens is 144 g/mol. The first-order chi connectivity index (χ1) is 4.85. The van der Waals surface area contributed by atoms with E-state index in [0.29, 0.717) is 13.1 Å². The maximum absolute atomic E-state index is 4.55.